The molecule has 0 saturated heterocycles. The number of hydrogen-bond acceptors (Lipinski definition) is 3. The summed E-state index contributed by atoms with van der Waals surface area (Å²) in [5.74, 6) is 0.780. The highest BCUT2D eigenvalue weighted by molar-refractivity contribution is 7.16. The molecule has 0 unspecified atom stereocenters. The second-order valence-corrected chi connectivity index (χ2v) is 5.55. The van der Waals surface area contributed by atoms with Crippen molar-refractivity contribution in [2.75, 3.05) is 7.11 Å². The van der Waals surface area contributed by atoms with Crippen LogP contribution >= 0.6 is 11.3 Å². The molecule has 1 amide bonds. The fourth-order valence-electron chi connectivity index (χ4n) is 2.13. The average Bonchev–Trinajstić information content (AvgIpc) is 2.81. The number of methoxy groups -OCH3 is 1. The van der Waals surface area contributed by atoms with E-state index in [4.69, 9.17) is 4.74 Å². The summed E-state index contributed by atoms with van der Waals surface area (Å²) < 4.78 is 8.55. The molecule has 5 heteroatoms. The summed E-state index contributed by atoms with van der Waals surface area (Å²) in [4.78, 5) is 16.9. The third-order valence-corrected chi connectivity index (χ3v) is 4.21. The zero-order chi connectivity index (χ0) is 14.5. The number of fused-ring (bicyclic) bond motifs is 1. The van der Waals surface area contributed by atoms with E-state index in [2.05, 4.69) is 11.9 Å². The van der Waals surface area contributed by atoms with Crippen molar-refractivity contribution in [3.05, 3.63) is 23.0 Å². The van der Waals surface area contributed by atoms with Crippen molar-refractivity contribution in [3.8, 4) is 5.75 Å². The van der Waals surface area contributed by atoms with Crippen LogP contribution in [0.2, 0.25) is 0 Å². The Balaban J connectivity index is 2.54. The maximum Gasteiger partial charge on any atom is 0.248 e. The molecular weight excluding hydrogens is 272 g/mol. The van der Waals surface area contributed by atoms with E-state index >= 15 is 0 Å². The largest absolute Gasteiger partial charge is 0.495 e. The molecule has 0 aliphatic carbocycles. The van der Waals surface area contributed by atoms with Gasteiger partial charge in [0.2, 0.25) is 5.91 Å². The fourth-order valence-corrected chi connectivity index (χ4v) is 3.26. The molecule has 0 atom stereocenters. The number of hydrogen-bond donors (Lipinski definition) is 0. The number of ether oxygens (including phenoxy) is 1. The summed E-state index contributed by atoms with van der Waals surface area (Å²) in [5.41, 5.74) is 1.02. The Bertz CT molecular complexity index is 670. The van der Waals surface area contributed by atoms with Crippen LogP contribution in [0.3, 0.4) is 0 Å². The van der Waals surface area contributed by atoms with Crippen LogP contribution in [0.4, 0.5) is 0 Å². The first kappa shape index (κ1) is 14.8. The second-order valence-electron chi connectivity index (χ2n) is 4.55. The molecule has 4 nitrogen and oxygen atoms in total. The van der Waals surface area contributed by atoms with Gasteiger partial charge in [-0.2, -0.15) is 4.99 Å². The standard InChI is InChI=1S/C15H20N2O2S/c1-4-6-10-13(18)16-15-17(5-2)14-11(19-3)8-7-9-12(14)20-15/h7-9H,4-6,10H2,1-3H3. The molecule has 0 bridgehead atoms. The van der Waals surface area contributed by atoms with Crippen molar-refractivity contribution in [1.82, 2.24) is 4.57 Å². The van der Waals surface area contributed by atoms with Gasteiger partial charge in [-0.3, -0.25) is 4.79 Å². The van der Waals surface area contributed by atoms with Crippen LogP contribution in [0, 0.1) is 0 Å². The number of unbranched alkanes of at least 4 members (excludes halogenated alkanes) is 1. The third kappa shape index (κ3) is 2.93. The minimum atomic E-state index is -0.0421. The Hall–Kier alpha value is -1.62. The van der Waals surface area contributed by atoms with Crippen molar-refractivity contribution in [1.29, 1.82) is 0 Å². The maximum absolute atomic E-state index is 11.9. The first-order valence-corrected chi connectivity index (χ1v) is 7.76. The number of para-hydroxylation sites is 1. The van der Waals surface area contributed by atoms with Crippen molar-refractivity contribution in [3.63, 3.8) is 0 Å². The monoisotopic (exact) mass is 292 g/mol. The van der Waals surface area contributed by atoms with E-state index in [0.29, 0.717) is 6.42 Å². The SMILES string of the molecule is CCCCC(=O)N=c1sc2cccc(OC)c2n1CC. The molecule has 2 rings (SSSR count). The van der Waals surface area contributed by atoms with Crippen molar-refractivity contribution in [2.45, 2.75) is 39.7 Å². The Morgan fingerprint density at radius 1 is 1.40 bits per heavy atom. The number of thiazole rings is 1. The molecule has 2 aromatic rings. The quantitative estimate of drug-likeness (QED) is 0.848. The van der Waals surface area contributed by atoms with Crippen molar-refractivity contribution >= 4 is 27.5 Å². The number of aromatic nitrogens is 1. The zero-order valence-corrected chi connectivity index (χ0v) is 13.0. The lowest BCUT2D eigenvalue weighted by atomic mass is 10.2. The first-order valence-electron chi connectivity index (χ1n) is 6.95. The van der Waals surface area contributed by atoms with Crippen LogP contribution in [0.25, 0.3) is 10.2 Å². The summed E-state index contributed by atoms with van der Waals surface area (Å²) in [5, 5.41) is 0. The molecule has 0 N–H and O–H groups in total. The van der Waals surface area contributed by atoms with Crippen LogP contribution in [0.1, 0.15) is 33.1 Å². The van der Waals surface area contributed by atoms with E-state index < -0.39 is 0 Å². The predicted octanol–water partition coefficient (Wildman–Crippen LogP) is 3.35. The molecule has 0 radical (unpaired) electrons. The van der Waals surface area contributed by atoms with Gasteiger partial charge in [0.15, 0.2) is 4.80 Å². The van der Waals surface area contributed by atoms with Gasteiger partial charge in [0.25, 0.3) is 0 Å². The summed E-state index contributed by atoms with van der Waals surface area (Å²) in [6, 6.07) is 5.93. The van der Waals surface area contributed by atoms with E-state index in [1.807, 2.05) is 29.7 Å². The maximum atomic E-state index is 11.9. The van der Waals surface area contributed by atoms with Gasteiger partial charge in [-0.15, -0.1) is 0 Å². The first-order chi connectivity index (χ1) is 9.71. The number of nitrogens with zero attached hydrogens (tertiary/aromatic N) is 2. The molecule has 1 aromatic heterocycles. The van der Waals surface area contributed by atoms with E-state index in [9.17, 15) is 4.79 Å². The number of rotatable bonds is 5. The number of carbonyl (C=O) groups is 1. The molecule has 108 valence electrons. The predicted molar refractivity (Wildman–Crippen MR) is 82.1 cm³/mol. The average molecular weight is 292 g/mol. The number of amides is 1. The zero-order valence-electron chi connectivity index (χ0n) is 12.2. The molecular formula is C15H20N2O2S. The van der Waals surface area contributed by atoms with Crippen LogP contribution in [-0.2, 0) is 11.3 Å². The Labute approximate surface area is 122 Å². The Kier molecular flexibility index (Phi) is 4.95. The lowest BCUT2D eigenvalue weighted by Gasteiger charge is -2.05. The van der Waals surface area contributed by atoms with Crippen LogP contribution in [-0.4, -0.2) is 17.6 Å². The molecule has 0 saturated carbocycles. The molecule has 0 spiro atoms. The summed E-state index contributed by atoms with van der Waals surface area (Å²) in [6.07, 6.45) is 2.42. The second kappa shape index (κ2) is 6.70. The minimum absolute atomic E-state index is 0.0421. The van der Waals surface area contributed by atoms with Gasteiger partial charge in [-0.1, -0.05) is 30.7 Å². The molecule has 1 heterocycles. The van der Waals surface area contributed by atoms with E-state index in [-0.39, 0.29) is 5.91 Å². The lowest BCUT2D eigenvalue weighted by Crippen LogP contribution is -2.16. The summed E-state index contributed by atoms with van der Waals surface area (Å²) in [7, 11) is 1.66. The van der Waals surface area contributed by atoms with E-state index in [1.165, 1.54) is 11.3 Å². The fraction of sp³-hybridized carbons (Fsp3) is 0.467. The van der Waals surface area contributed by atoms with Crippen molar-refractivity contribution < 1.29 is 9.53 Å². The summed E-state index contributed by atoms with van der Waals surface area (Å²) >= 11 is 1.54. The highest BCUT2D eigenvalue weighted by atomic mass is 32.1. The molecule has 0 aliphatic heterocycles. The third-order valence-electron chi connectivity index (χ3n) is 3.16. The Morgan fingerprint density at radius 2 is 2.20 bits per heavy atom. The van der Waals surface area contributed by atoms with Crippen LogP contribution < -0.4 is 9.54 Å². The lowest BCUT2D eigenvalue weighted by molar-refractivity contribution is -0.118. The highest BCUT2D eigenvalue weighted by Gasteiger charge is 2.10. The van der Waals surface area contributed by atoms with Crippen LogP contribution in [0.15, 0.2) is 23.2 Å². The van der Waals surface area contributed by atoms with Crippen molar-refractivity contribution in [2.24, 2.45) is 4.99 Å². The molecule has 1 aromatic carbocycles. The smallest absolute Gasteiger partial charge is 0.248 e. The van der Waals surface area contributed by atoms with Gasteiger partial charge in [-0.05, 0) is 25.5 Å². The normalized spacial score (nSPS) is 12.1. The van der Waals surface area contributed by atoms with Gasteiger partial charge < -0.3 is 9.30 Å². The molecule has 0 aliphatic rings. The topological polar surface area (TPSA) is 43.6 Å². The van der Waals surface area contributed by atoms with Crippen LogP contribution in [0.5, 0.6) is 5.75 Å². The Morgan fingerprint density at radius 3 is 2.85 bits per heavy atom. The van der Waals surface area contributed by atoms with Gasteiger partial charge in [0.1, 0.15) is 11.3 Å². The minimum Gasteiger partial charge on any atom is -0.495 e. The summed E-state index contributed by atoms with van der Waals surface area (Å²) in [6.45, 7) is 4.89. The molecule has 0 fully saturated rings. The van der Waals surface area contributed by atoms with Gasteiger partial charge in [0.05, 0.1) is 11.8 Å². The highest BCUT2D eigenvalue weighted by Crippen LogP contribution is 2.27. The van der Waals surface area contributed by atoms with E-state index in [0.717, 1.165) is 40.2 Å². The number of carbonyl (C=O) groups excluding carboxylic acids is 1. The number of benzene rings is 1. The molecule has 20 heavy (non-hydrogen) atoms. The number of aryl methyl sites for hydroxylation is 1. The van der Waals surface area contributed by atoms with Gasteiger partial charge in [0, 0.05) is 13.0 Å². The van der Waals surface area contributed by atoms with Gasteiger partial charge in [-0.25, -0.2) is 0 Å². The van der Waals surface area contributed by atoms with Gasteiger partial charge >= 0.3 is 0 Å². The van der Waals surface area contributed by atoms with E-state index in [1.54, 1.807) is 7.11 Å².